The molecule has 1 aromatic carbocycles. The van der Waals surface area contributed by atoms with Crippen molar-refractivity contribution in [1.82, 2.24) is 14.8 Å². The molecule has 5 rings (SSSR count). The molecule has 4 heterocycles. The average molecular weight is 560 g/mol. The third-order valence-corrected chi connectivity index (χ3v) is 7.67. The summed E-state index contributed by atoms with van der Waals surface area (Å²) in [6, 6.07) is 9.49. The Labute approximate surface area is 214 Å². The predicted octanol–water partition coefficient (Wildman–Crippen LogP) is 4.69. The molecule has 0 spiro atoms. The Bertz CT molecular complexity index is 1280. The van der Waals surface area contributed by atoms with E-state index in [2.05, 4.69) is 21.2 Å². The highest BCUT2D eigenvalue weighted by atomic mass is 79.9. The first-order valence-corrected chi connectivity index (χ1v) is 12.9. The fraction of sp³-hybridized carbons (Fsp3) is 0.292. The van der Waals surface area contributed by atoms with Gasteiger partial charge in [-0.3, -0.25) is 14.5 Å². The Morgan fingerprint density at radius 2 is 2.24 bits per heavy atom. The zero-order chi connectivity index (χ0) is 23.7. The number of aromatic nitrogens is 1. The van der Waals surface area contributed by atoms with Crippen molar-refractivity contribution in [2.24, 2.45) is 0 Å². The number of hydrogen-bond donors (Lipinski definition) is 1. The minimum Gasteiger partial charge on any atom is -0.467 e. The maximum absolute atomic E-state index is 13.1. The van der Waals surface area contributed by atoms with E-state index in [-0.39, 0.29) is 24.5 Å². The molecular weight excluding hydrogens is 538 g/mol. The summed E-state index contributed by atoms with van der Waals surface area (Å²) in [7, 11) is 0. The average Bonchev–Trinajstić information content (AvgIpc) is 3.60. The quantitative estimate of drug-likeness (QED) is 0.334. The molecule has 0 saturated carbocycles. The third kappa shape index (κ3) is 5.00. The van der Waals surface area contributed by atoms with E-state index in [1.165, 1.54) is 11.8 Å². The first kappa shape index (κ1) is 23.3. The lowest BCUT2D eigenvalue weighted by Gasteiger charge is -2.18. The first-order valence-electron chi connectivity index (χ1n) is 10.9. The Balaban J connectivity index is 1.38. The number of rotatable bonds is 7. The monoisotopic (exact) mass is 559 g/mol. The second kappa shape index (κ2) is 10.1. The van der Waals surface area contributed by atoms with Gasteiger partial charge in [-0.05, 0) is 49.2 Å². The molecule has 1 atom stereocenters. The topological polar surface area (TPSA) is 76.7 Å². The van der Waals surface area contributed by atoms with Crippen LogP contribution in [0.25, 0.3) is 17.0 Å². The maximum Gasteiger partial charge on any atom is 0.266 e. The summed E-state index contributed by atoms with van der Waals surface area (Å²) in [4.78, 5) is 27.9. The molecule has 3 aromatic rings. The number of fused-ring (bicyclic) bond motifs is 1. The lowest BCUT2D eigenvalue weighted by molar-refractivity contribution is -0.123. The van der Waals surface area contributed by atoms with Crippen molar-refractivity contribution >= 4 is 73.0 Å². The van der Waals surface area contributed by atoms with Gasteiger partial charge in [-0.15, -0.1) is 0 Å². The summed E-state index contributed by atoms with van der Waals surface area (Å²) >= 11 is 10.3. The molecule has 2 aliphatic heterocycles. The number of nitrogens with one attached hydrogen (secondary N) is 1. The van der Waals surface area contributed by atoms with Crippen LogP contribution in [0.3, 0.4) is 0 Å². The van der Waals surface area contributed by atoms with Gasteiger partial charge < -0.3 is 19.0 Å². The molecule has 2 fully saturated rings. The molecule has 2 saturated heterocycles. The number of thiocarbonyl (C=S) groups is 1. The number of carbonyl (C=O) groups excluding carboxylic acids is 2. The normalized spacial score (nSPS) is 19.6. The van der Waals surface area contributed by atoms with Gasteiger partial charge >= 0.3 is 0 Å². The van der Waals surface area contributed by atoms with Crippen LogP contribution in [0.1, 0.15) is 24.2 Å². The fourth-order valence-electron chi connectivity index (χ4n) is 4.14. The molecule has 0 aliphatic carbocycles. The number of nitrogens with zero attached hydrogens (tertiary/aromatic N) is 2. The number of halogens is 1. The summed E-state index contributed by atoms with van der Waals surface area (Å²) < 4.78 is 14.3. The Morgan fingerprint density at radius 3 is 3.00 bits per heavy atom. The molecule has 0 unspecified atom stereocenters. The molecule has 0 bridgehead atoms. The van der Waals surface area contributed by atoms with Crippen molar-refractivity contribution in [1.29, 1.82) is 0 Å². The number of ether oxygens (including phenoxy) is 1. The summed E-state index contributed by atoms with van der Waals surface area (Å²) in [6.07, 6.45) is 7.34. The van der Waals surface area contributed by atoms with E-state index in [0.29, 0.717) is 28.1 Å². The van der Waals surface area contributed by atoms with Gasteiger partial charge in [0.25, 0.3) is 5.91 Å². The predicted molar refractivity (Wildman–Crippen MR) is 139 cm³/mol. The van der Waals surface area contributed by atoms with Crippen LogP contribution in [0.15, 0.2) is 56.6 Å². The Morgan fingerprint density at radius 1 is 1.35 bits per heavy atom. The van der Waals surface area contributed by atoms with Gasteiger partial charge in [0.1, 0.15) is 16.6 Å². The molecule has 2 amide bonds. The number of furan rings is 1. The van der Waals surface area contributed by atoms with E-state index < -0.39 is 0 Å². The SMILES string of the molecule is O=C(Cn1cc(/C=C2\SC(=S)N(C[C@H]3CCCO3)C2=O)c2cc(Br)ccc21)NCc1ccco1. The second-order valence-electron chi connectivity index (χ2n) is 8.16. The molecule has 176 valence electrons. The van der Waals surface area contributed by atoms with Crippen LogP contribution in [-0.2, 0) is 27.4 Å². The van der Waals surface area contributed by atoms with Crippen molar-refractivity contribution < 1.29 is 18.7 Å². The highest BCUT2D eigenvalue weighted by molar-refractivity contribution is 9.10. The molecule has 34 heavy (non-hydrogen) atoms. The van der Waals surface area contributed by atoms with Gasteiger partial charge in [-0.1, -0.05) is 39.9 Å². The van der Waals surface area contributed by atoms with Crippen molar-refractivity contribution in [2.45, 2.75) is 32.0 Å². The Hall–Kier alpha value is -2.40. The number of thioether (sulfide) groups is 1. The van der Waals surface area contributed by atoms with E-state index in [9.17, 15) is 9.59 Å². The van der Waals surface area contributed by atoms with Crippen molar-refractivity contribution in [3.05, 3.63) is 63.5 Å². The maximum atomic E-state index is 13.1. The van der Waals surface area contributed by atoms with E-state index in [0.717, 1.165) is 40.4 Å². The van der Waals surface area contributed by atoms with Crippen LogP contribution in [0.5, 0.6) is 0 Å². The van der Waals surface area contributed by atoms with Gasteiger partial charge in [0.15, 0.2) is 0 Å². The minimum atomic E-state index is -0.134. The molecule has 2 aromatic heterocycles. The minimum absolute atomic E-state index is 0.0411. The van der Waals surface area contributed by atoms with Crippen molar-refractivity contribution in [2.75, 3.05) is 13.2 Å². The lowest BCUT2D eigenvalue weighted by Crippen LogP contribution is -2.35. The van der Waals surface area contributed by atoms with Crippen LogP contribution < -0.4 is 5.32 Å². The zero-order valence-electron chi connectivity index (χ0n) is 18.2. The Kier molecular flexibility index (Phi) is 6.91. The highest BCUT2D eigenvalue weighted by Crippen LogP contribution is 2.35. The highest BCUT2D eigenvalue weighted by Gasteiger charge is 2.34. The van der Waals surface area contributed by atoms with E-state index in [4.69, 9.17) is 21.4 Å². The summed E-state index contributed by atoms with van der Waals surface area (Å²) in [5.41, 5.74) is 1.75. The molecule has 7 nitrogen and oxygen atoms in total. The van der Waals surface area contributed by atoms with Crippen LogP contribution in [0, 0.1) is 0 Å². The molecule has 10 heteroatoms. The molecule has 0 radical (unpaired) electrons. The number of amides is 2. The largest absolute Gasteiger partial charge is 0.467 e. The van der Waals surface area contributed by atoms with Gasteiger partial charge in [0, 0.05) is 33.7 Å². The summed E-state index contributed by atoms with van der Waals surface area (Å²) in [5, 5.41) is 3.82. The van der Waals surface area contributed by atoms with Gasteiger partial charge in [-0.25, -0.2) is 0 Å². The molecular formula is C24H22BrN3O4S2. The van der Waals surface area contributed by atoms with Crippen LogP contribution in [-0.4, -0.2) is 44.9 Å². The van der Waals surface area contributed by atoms with Crippen LogP contribution in [0.4, 0.5) is 0 Å². The lowest BCUT2D eigenvalue weighted by atomic mass is 10.1. The van der Waals surface area contributed by atoms with Crippen molar-refractivity contribution in [3.63, 3.8) is 0 Å². The van der Waals surface area contributed by atoms with Gasteiger partial charge in [0.2, 0.25) is 5.91 Å². The summed E-state index contributed by atoms with van der Waals surface area (Å²) in [6.45, 7) is 1.70. The number of carbonyl (C=O) groups is 2. The second-order valence-corrected chi connectivity index (χ2v) is 10.7. The zero-order valence-corrected chi connectivity index (χ0v) is 21.4. The van der Waals surface area contributed by atoms with Gasteiger partial charge in [0.05, 0.1) is 30.4 Å². The molecule has 1 N–H and O–H groups in total. The molecule has 2 aliphatic rings. The van der Waals surface area contributed by atoms with Crippen LogP contribution >= 0.6 is 39.9 Å². The third-order valence-electron chi connectivity index (χ3n) is 5.80. The summed E-state index contributed by atoms with van der Waals surface area (Å²) in [5.74, 6) is 0.462. The first-order chi connectivity index (χ1) is 16.5. The van der Waals surface area contributed by atoms with E-state index in [1.54, 1.807) is 17.2 Å². The van der Waals surface area contributed by atoms with Gasteiger partial charge in [-0.2, -0.15) is 0 Å². The number of benzene rings is 1. The smallest absolute Gasteiger partial charge is 0.266 e. The van der Waals surface area contributed by atoms with E-state index >= 15 is 0 Å². The van der Waals surface area contributed by atoms with E-state index in [1.807, 2.05) is 41.1 Å². The fourth-order valence-corrected chi connectivity index (χ4v) is 5.77. The standard InChI is InChI=1S/C24H22BrN3O4S2/c25-16-5-6-20-19(10-16)15(12-27(20)14-22(29)26-11-17-3-1-7-31-17)9-21-23(30)28(24(33)34-21)13-18-4-2-8-32-18/h1,3,5-7,9-10,12,18H,2,4,8,11,13-14H2,(H,26,29)/b21-9-/t18-/m1/s1. The van der Waals surface area contributed by atoms with Crippen LogP contribution in [0.2, 0.25) is 0 Å². The number of hydrogen-bond acceptors (Lipinski definition) is 6. The van der Waals surface area contributed by atoms with Crippen molar-refractivity contribution in [3.8, 4) is 0 Å².